The molecule has 1 aliphatic rings. The van der Waals surface area contributed by atoms with Gasteiger partial charge in [0.15, 0.2) is 0 Å². The first-order valence-electron chi connectivity index (χ1n) is 7.54. The van der Waals surface area contributed by atoms with Crippen molar-refractivity contribution in [1.82, 2.24) is 4.72 Å². The topological polar surface area (TPSA) is 139 Å². The summed E-state index contributed by atoms with van der Waals surface area (Å²) in [5.74, 6) is 0. The van der Waals surface area contributed by atoms with E-state index >= 15 is 0 Å². The van der Waals surface area contributed by atoms with Gasteiger partial charge in [-0.1, -0.05) is 6.42 Å². The van der Waals surface area contributed by atoms with Crippen LogP contribution < -0.4 is 15.2 Å². The van der Waals surface area contributed by atoms with Crippen LogP contribution in [0.1, 0.15) is 31.2 Å². The third-order valence-electron chi connectivity index (χ3n) is 3.76. The van der Waals surface area contributed by atoms with Gasteiger partial charge in [0, 0.05) is 6.61 Å². The highest BCUT2D eigenvalue weighted by atomic mass is 32.2. The maximum absolute atomic E-state index is 13.2. The first kappa shape index (κ1) is 20.9. The number of alkyl halides is 3. The fourth-order valence-electron chi connectivity index (χ4n) is 2.59. The number of aliphatic hydroxyl groups excluding tert-OH is 1. The van der Waals surface area contributed by atoms with Gasteiger partial charge in [-0.25, -0.2) is 22.0 Å². The molecule has 2 rings (SSSR count). The summed E-state index contributed by atoms with van der Waals surface area (Å²) in [5, 5.41) is 16.2. The van der Waals surface area contributed by atoms with Crippen LogP contribution >= 0.6 is 0 Å². The van der Waals surface area contributed by atoms with Crippen LogP contribution in [0.4, 0.5) is 18.9 Å². The van der Waals surface area contributed by atoms with E-state index in [9.17, 15) is 30.0 Å². The van der Waals surface area contributed by atoms with Crippen molar-refractivity contribution < 1.29 is 35.1 Å². The molecule has 0 spiro atoms. The van der Waals surface area contributed by atoms with Crippen LogP contribution in [-0.2, 0) is 26.2 Å². The Labute approximate surface area is 148 Å². The van der Waals surface area contributed by atoms with Crippen molar-refractivity contribution in [3.05, 3.63) is 17.7 Å². The Morgan fingerprint density at radius 1 is 1.19 bits per heavy atom. The summed E-state index contributed by atoms with van der Waals surface area (Å²) < 4.78 is 89.4. The number of sulfonamides is 2. The molecular formula is C13H18F3N3O5S2. The number of anilines is 1. The van der Waals surface area contributed by atoms with Gasteiger partial charge in [0.2, 0.25) is 20.0 Å². The van der Waals surface area contributed by atoms with Gasteiger partial charge in [-0.2, -0.15) is 17.9 Å². The Morgan fingerprint density at radius 3 is 2.38 bits per heavy atom. The Hall–Kier alpha value is -1.41. The summed E-state index contributed by atoms with van der Waals surface area (Å²) in [5.41, 5.74) is -1.89. The Morgan fingerprint density at radius 2 is 1.85 bits per heavy atom. The molecule has 8 nitrogen and oxygen atoms in total. The van der Waals surface area contributed by atoms with E-state index in [2.05, 4.69) is 10.0 Å². The Kier molecular flexibility index (Phi) is 5.87. The Bertz CT molecular complexity index is 885. The maximum atomic E-state index is 13.2. The third kappa shape index (κ3) is 4.65. The summed E-state index contributed by atoms with van der Waals surface area (Å²) in [6.45, 7) is -0.0159. The average Bonchev–Trinajstić information content (AvgIpc) is 2.48. The van der Waals surface area contributed by atoms with Crippen LogP contribution in [0.15, 0.2) is 21.9 Å². The van der Waals surface area contributed by atoms with Gasteiger partial charge in [-0.3, -0.25) is 0 Å². The van der Waals surface area contributed by atoms with Gasteiger partial charge >= 0.3 is 6.18 Å². The van der Waals surface area contributed by atoms with Crippen molar-refractivity contribution in [2.45, 2.75) is 47.8 Å². The van der Waals surface area contributed by atoms with Crippen LogP contribution in [0, 0.1) is 0 Å². The third-order valence-corrected chi connectivity index (χ3v) is 6.22. The fraction of sp³-hybridized carbons (Fsp3) is 0.538. The van der Waals surface area contributed by atoms with E-state index in [-0.39, 0.29) is 18.7 Å². The molecule has 0 radical (unpaired) electrons. The van der Waals surface area contributed by atoms with Crippen molar-refractivity contribution in [2.24, 2.45) is 5.14 Å². The van der Waals surface area contributed by atoms with E-state index in [1.807, 2.05) is 0 Å². The molecule has 0 bridgehead atoms. The van der Waals surface area contributed by atoms with Gasteiger partial charge in [-0.05, 0) is 31.4 Å². The maximum Gasteiger partial charge on any atom is 0.417 e. The normalized spacial score (nSPS) is 19.7. The summed E-state index contributed by atoms with van der Waals surface area (Å²) >= 11 is 0. The van der Waals surface area contributed by atoms with E-state index < -0.39 is 47.7 Å². The molecule has 0 fully saturated rings. The molecule has 1 heterocycles. The van der Waals surface area contributed by atoms with Crippen molar-refractivity contribution in [2.75, 3.05) is 11.9 Å². The number of halogens is 3. The zero-order valence-electron chi connectivity index (χ0n) is 13.4. The van der Waals surface area contributed by atoms with Crippen LogP contribution in [0.25, 0.3) is 0 Å². The van der Waals surface area contributed by atoms with Gasteiger partial charge in [0.1, 0.15) is 4.90 Å². The molecule has 26 heavy (non-hydrogen) atoms. The minimum absolute atomic E-state index is 0.0159. The van der Waals surface area contributed by atoms with E-state index in [0.29, 0.717) is 31.4 Å². The molecule has 0 saturated heterocycles. The molecule has 1 aliphatic heterocycles. The number of benzene rings is 1. The lowest BCUT2D eigenvalue weighted by Gasteiger charge is -2.29. The molecule has 0 amide bonds. The lowest BCUT2D eigenvalue weighted by Crippen LogP contribution is -2.45. The van der Waals surface area contributed by atoms with Crippen LogP contribution in [0.2, 0.25) is 0 Å². The number of rotatable bonds is 6. The van der Waals surface area contributed by atoms with E-state index in [0.717, 1.165) is 0 Å². The Balaban J connectivity index is 2.47. The van der Waals surface area contributed by atoms with Gasteiger partial charge in [-0.15, -0.1) is 0 Å². The molecule has 13 heteroatoms. The van der Waals surface area contributed by atoms with Crippen molar-refractivity contribution in [3.63, 3.8) is 0 Å². The largest absolute Gasteiger partial charge is 0.417 e. The quantitative estimate of drug-likeness (QED) is 0.508. The first-order chi connectivity index (χ1) is 11.9. The molecule has 0 saturated carbocycles. The predicted molar refractivity (Wildman–Crippen MR) is 86.1 cm³/mol. The number of primary sulfonamides is 1. The fourth-order valence-corrected chi connectivity index (χ4v) is 4.79. The number of hydrogen-bond donors (Lipinski definition) is 4. The SMILES string of the molecule is NS(=O)(=O)c1cc2c(cc1C(F)(F)F)NC(CCCCCO)NS2(=O)=O. The van der Waals surface area contributed by atoms with E-state index in [1.54, 1.807) is 0 Å². The highest BCUT2D eigenvalue weighted by molar-refractivity contribution is 7.90. The summed E-state index contributed by atoms with van der Waals surface area (Å²) in [4.78, 5) is -1.93. The highest BCUT2D eigenvalue weighted by Crippen LogP contribution is 2.39. The number of fused-ring (bicyclic) bond motifs is 1. The van der Waals surface area contributed by atoms with Gasteiger partial charge in [0.05, 0.1) is 22.3 Å². The second-order valence-corrected chi connectivity index (χ2v) is 8.99. The monoisotopic (exact) mass is 417 g/mol. The van der Waals surface area contributed by atoms with Crippen LogP contribution in [0.3, 0.4) is 0 Å². The number of aliphatic hydroxyl groups is 1. The second kappa shape index (κ2) is 7.31. The molecule has 1 aromatic carbocycles. The lowest BCUT2D eigenvalue weighted by atomic mass is 10.1. The zero-order chi connectivity index (χ0) is 19.8. The molecule has 1 atom stereocenters. The molecule has 0 aliphatic carbocycles. The number of nitrogens with two attached hydrogens (primary N) is 1. The standard InChI is InChI=1S/C13H18F3N3O5S2/c14-13(15,16)8-6-9-11(7-10(8)25(17,21)22)26(23,24)19-12(18-9)4-2-1-3-5-20/h6-7,12,18-20H,1-5H2,(H2,17,21,22). The summed E-state index contributed by atoms with van der Waals surface area (Å²) in [6, 6.07) is 0.846. The molecule has 0 aromatic heterocycles. The zero-order valence-corrected chi connectivity index (χ0v) is 15.0. The first-order valence-corrected chi connectivity index (χ1v) is 10.6. The highest BCUT2D eigenvalue weighted by Gasteiger charge is 2.40. The van der Waals surface area contributed by atoms with Gasteiger partial charge < -0.3 is 10.4 Å². The molecule has 1 aromatic rings. The van der Waals surface area contributed by atoms with Crippen molar-refractivity contribution in [1.29, 1.82) is 0 Å². The van der Waals surface area contributed by atoms with Gasteiger partial charge in [0.25, 0.3) is 0 Å². The minimum atomic E-state index is -5.04. The van der Waals surface area contributed by atoms with E-state index in [4.69, 9.17) is 10.2 Å². The summed E-state index contributed by atoms with van der Waals surface area (Å²) in [6.07, 6.45) is -3.96. The predicted octanol–water partition coefficient (Wildman–Crippen LogP) is 0.935. The number of unbranched alkanes of at least 4 members (excludes halogenated alkanes) is 2. The van der Waals surface area contributed by atoms with Crippen LogP contribution in [-0.4, -0.2) is 34.7 Å². The van der Waals surface area contributed by atoms with Crippen molar-refractivity contribution >= 4 is 25.7 Å². The van der Waals surface area contributed by atoms with Crippen molar-refractivity contribution in [3.8, 4) is 0 Å². The molecular weight excluding hydrogens is 399 g/mol. The number of hydrogen-bond acceptors (Lipinski definition) is 6. The smallest absolute Gasteiger partial charge is 0.396 e. The molecule has 5 N–H and O–H groups in total. The molecule has 148 valence electrons. The summed E-state index contributed by atoms with van der Waals surface area (Å²) in [7, 11) is -9.03. The van der Waals surface area contributed by atoms with E-state index in [1.165, 1.54) is 0 Å². The number of nitrogens with one attached hydrogen (secondary N) is 2. The molecule has 1 unspecified atom stereocenters. The average molecular weight is 417 g/mol. The van der Waals surface area contributed by atoms with Crippen LogP contribution in [0.5, 0.6) is 0 Å². The minimum Gasteiger partial charge on any atom is -0.396 e. The lowest BCUT2D eigenvalue weighted by molar-refractivity contribution is -0.139. The second-order valence-electron chi connectivity index (χ2n) is 5.78.